The zero-order valence-corrected chi connectivity index (χ0v) is 8.58. The normalized spacial score (nSPS) is 52.9. The molecule has 3 atom stereocenters. The highest BCUT2D eigenvalue weighted by Crippen LogP contribution is 2.69. The van der Waals surface area contributed by atoms with Gasteiger partial charge in [0.15, 0.2) is 0 Å². The lowest BCUT2D eigenvalue weighted by atomic mass is 9.65. The van der Waals surface area contributed by atoms with Crippen LogP contribution < -0.4 is 0 Å². The van der Waals surface area contributed by atoms with E-state index in [4.69, 9.17) is 11.6 Å². The van der Waals surface area contributed by atoms with Crippen LogP contribution in [0, 0.1) is 11.8 Å². The summed E-state index contributed by atoms with van der Waals surface area (Å²) in [6.07, 6.45) is 5.29. The highest BCUT2D eigenvalue weighted by molar-refractivity contribution is 9.10. The predicted molar refractivity (Wildman–Crippen MR) is 50.0 cm³/mol. The van der Waals surface area contributed by atoms with E-state index in [-0.39, 0.29) is 0 Å². The molecule has 0 aromatic carbocycles. The molecule has 0 heterocycles. The van der Waals surface area contributed by atoms with E-state index in [1.165, 1.54) is 30.7 Å². The van der Waals surface area contributed by atoms with Crippen molar-refractivity contribution < 1.29 is 0 Å². The van der Waals surface area contributed by atoms with Crippen molar-refractivity contribution in [2.45, 2.75) is 30.0 Å². The molecule has 0 radical (unpaired) electrons. The van der Waals surface area contributed by atoms with Crippen molar-refractivity contribution in [3.05, 3.63) is 10.6 Å². The summed E-state index contributed by atoms with van der Waals surface area (Å²) < 4.78 is 0.428. The Morgan fingerprint density at radius 2 is 2.09 bits per heavy atom. The van der Waals surface area contributed by atoms with Gasteiger partial charge in [0.2, 0.25) is 0 Å². The lowest BCUT2D eigenvalue weighted by Gasteiger charge is -2.47. The first-order valence-corrected chi connectivity index (χ1v) is 5.48. The first-order valence-electron chi connectivity index (χ1n) is 4.31. The Labute approximate surface area is 80.1 Å². The van der Waals surface area contributed by atoms with Crippen LogP contribution in [-0.2, 0) is 0 Å². The third-order valence-corrected chi connectivity index (χ3v) is 5.53. The SMILES string of the molecule is ClC1=C2CC3(Br)C1CCCC23. The molecule has 0 aromatic heterocycles. The van der Waals surface area contributed by atoms with Crippen LogP contribution in [0.25, 0.3) is 0 Å². The fourth-order valence-corrected chi connectivity index (χ4v) is 4.95. The predicted octanol–water partition coefficient (Wildman–Crippen LogP) is 3.45. The molecule has 0 aromatic rings. The molecule has 0 nitrogen and oxygen atoms in total. The molecule has 60 valence electrons. The van der Waals surface area contributed by atoms with Gasteiger partial charge in [0.25, 0.3) is 0 Å². The van der Waals surface area contributed by atoms with Gasteiger partial charge in [-0.05, 0) is 30.8 Å². The van der Waals surface area contributed by atoms with Crippen LogP contribution in [0.15, 0.2) is 10.6 Å². The van der Waals surface area contributed by atoms with Crippen molar-refractivity contribution in [2.24, 2.45) is 11.8 Å². The Hall–Kier alpha value is 0.510. The molecule has 2 fully saturated rings. The van der Waals surface area contributed by atoms with E-state index in [1.54, 1.807) is 5.57 Å². The van der Waals surface area contributed by atoms with Gasteiger partial charge in [-0.3, -0.25) is 0 Å². The van der Waals surface area contributed by atoms with Gasteiger partial charge in [-0.25, -0.2) is 0 Å². The Kier molecular flexibility index (Phi) is 1.19. The van der Waals surface area contributed by atoms with Crippen LogP contribution in [-0.4, -0.2) is 4.32 Å². The van der Waals surface area contributed by atoms with Crippen molar-refractivity contribution in [1.82, 2.24) is 0 Å². The Bertz CT molecular complexity index is 258. The summed E-state index contributed by atoms with van der Waals surface area (Å²) in [6, 6.07) is 0. The highest BCUT2D eigenvalue weighted by atomic mass is 79.9. The Balaban J connectivity index is 2.12. The van der Waals surface area contributed by atoms with E-state index in [2.05, 4.69) is 15.9 Å². The van der Waals surface area contributed by atoms with E-state index in [1.807, 2.05) is 0 Å². The van der Waals surface area contributed by atoms with E-state index in [0.717, 1.165) is 5.92 Å². The molecule has 0 saturated heterocycles. The summed E-state index contributed by atoms with van der Waals surface area (Å²) in [6.45, 7) is 0. The number of alkyl halides is 1. The quantitative estimate of drug-likeness (QED) is 0.562. The van der Waals surface area contributed by atoms with Crippen LogP contribution >= 0.6 is 27.5 Å². The van der Waals surface area contributed by atoms with Crippen molar-refractivity contribution in [3.63, 3.8) is 0 Å². The number of hydrogen-bond acceptors (Lipinski definition) is 0. The van der Waals surface area contributed by atoms with Crippen molar-refractivity contribution in [1.29, 1.82) is 0 Å². The second-order valence-electron chi connectivity index (χ2n) is 4.01. The average molecular weight is 234 g/mol. The standard InChI is InChI=1S/C9H10BrCl/c10-9-4-5-6(9)2-1-3-7(9)8(5)11/h6-7H,1-4H2. The topological polar surface area (TPSA) is 0 Å². The summed E-state index contributed by atoms with van der Waals surface area (Å²) in [5, 5.41) is 1.21. The zero-order chi connectivity index (χ0) is 7.64. The van der Waals surface area contributed by atoms with Gasteiger partial charge in [-0.15, -0.1) is 0 Å². The van der Waals surface area contributed by atoms with Crippen LogP contribution in [0.5, 0.6) is 0 Å². The summed E-state index contributed by atoms with van der Waals surface area (Å²) >= 11 is 10.1. The van der Waals surface area contributed by atoms with E-state index >= 15 is 0 Å². The Morgan fingerprint density at radius 1 is 1.36 bits per heavy atom. The summed E-state index contributed by atoms with van der Waals surface area (Å²) in [5.41, 5.74) is 1.58. The van der Waals surface area contributed by atoms with Crippen LogP contribution in [0.3, 0.4) is 0 Å². The van der Waals surface area contributed by atoms with E-state index < -0.39 is 0 Å². The zero-order valence-electron chi connectivity index (χ0n) is 6.24. The molecule has 4 aliphatic carbocycles. The second-order valence-corrected chi connectivity index (χ2v) is 5.90. The maximum absolute atomic E-state index is 6.24. The smallest absolute Gasteiger partial charge is 0.0438 e. The minimum atomic E-state index is 0.428. The third-order valence-electron chi connectivity index (χ3n) is 3.64. The number of rotatable bonds is 0. The summed E-state index contributed by atoms with van der Waals surface area (Å²) in [7, 11) is 0. The minimum Gasteiger partial charge on any atom is -0.0888 e. The third kappa shape index (κ3) is 0.604. The molecule has 3 unspecified atom stereocenters. The van der Waals surface area contributed by atoms with Gasteiger partial charge < -0.3 is 0 Å². The van der Waals surface area contributed by atoms with Gasteiger partial charge in [0.05, 0.1) is 0 Å². The van der Waals surface area contributed by atoms with E-state index in [9.17, 15) is 0 Å². The monoisotopic (exact) mass is 232 g/mol. The molecular weight excluding hydrogens is 223 g/mol. The maximum atomic E-state index is 6.24. The average Bonchev–Trinajstić information content (AvgIpc) is 2.20. The minimum absolute atomic E-state index is 0.428. The largest absolute Gasteiger partial charge is 0.0888 e. The molecular formula is C9H10BrCl. The molecule has 2 saturated carbocycles. The van der Waals surface area contributed by atoms with Gasteiger partial charge in [0.1, 0.15) is 0 Å². The molecule has 0 N–H and O–H groups in total. The first-order chi connectivity index (χ1) is 5.23. The van der Waals surface area contributed by atoms with Crippen molar-refractivity contribution in [3.8, 4) is 0 Å². The lowest BCUT2D eigenvalue weighted by molar-refractivity contribution is 0.229. The van der Waals surface area contributed by atoms with Gasteiger partial charge in [-0.1, -0.05) is 34.0 Å². The molecule has 4 aliphatic rings. The molecule has 11 heavy (non-hydrogen) atoms. The highest BCUT2D eigenvalue weighted by Gasteiger charge is 2.62. The van der Waals surface area contributed by atoms with E-state index in [0.29, 0.717) is 10.2 Å². The van der Waals surface area contributed by atoms with Gasteiger partial charge in [0, 0.05) is 15.3 Å². The van der Waals surface area contributed by atoms with Crippen molar-refractivity contribution >= 4 is 27.5 Å². The summed E-state index contributed by atoms with van der Waals surface area (Å²) in [5.74, 6) is 1.49. The number of allylic oxidation sites excluding steroid dienone is 2. The fraction of sp³-hybridized carbons (Fsp3) is 0.778. The van der Waals surface area contributed by atoms with Crippen LogP contribution in [0.4, 0.5) is 0 Å². The molecule has 0 spiro atoms. The summed E-state index contributed by atoms with van der Waals surface area (Å²) in [4.78, 5) is 0. The van der Waals surface area contributed by atoms with Crippen LogP contribution in [0.2, 0.25) is 0 Å². The fourth-order valence-electron chi connectivity index (χ4n) is 3.06. The molecule has 2 heteroatoms. The second kappa shape index (κ2) is 1.88. The lowest BCUT2D eigenvalue weighted by Crippen LogP contribution is -2.45. The van der Waals surface area contributed by atoms with Gasteiger partial charge in [-0.2, -0.15) is 0 Å². The molecule has 0 aliphatic heterocycles. The number of halogens is 2. The molecule has 0 amide bonds. The van der Waals surface area contributed by atoms with Crippen molar-refractivity contribution in [2.75, 3.05) is 0 Å². The first kappa shape index (κ1) is 6.97. The van der Waals surface area contributed by atoms with Crippen LogP contribution in [0.1, 0.15) is 25.7 Å². The molecule has 4 bridgehead atoms. The molecule has 4 rings (SSSR count). The Morgan fingerprint density at radius 3 is 2.73 bits per heavy atom. The number of hydrogen-bond donors (Lipinski definition) is 0. The maximum Gasteiger partial charge on any atom is 0.0438 e. The van der Waals surface area contributed by atoms with Gasteiger partial charge >= 0.3 is 0 Å².